The van der Waals surface area contributed by atoms with Crippen molar-refractivity contribution in [2.24, 2.45) is 0 Å². The maximum absolute atomic E-state index is 4.99. The Balaban J connectivity index is 2.42. The van der Waals surface area contributed by atoms with Crippen molar-refractivity contribution in [1.29, 1.82) is 0 Å². The number of rotatable bonds is 1. The molecule has 0 fully saturated rings. The molecular formula is C6H7IO. The van der Waals surface area contributed by atoms with Crippen LogP contribution >= 0.6 is 23.0 Å². The van der Waals surface area contributed by atoms with Gasteiger partial charge in [0, 0.05) is 0 Å². The molecule has 0 radical (unpaired) electrons. The van der Waals surface area contributed by atoms with Gasteiger partial charge in [-0.05, 0) is 6.42 Å². The first-order chi connectivity index (χ1) is 3.93. The molecule has 8 heavy (non-hydrogen) atoms. The molecule has 0 saturated carbocycles. The molecule has 0 aromatic rings. The van der Waals surface area contributed by atoms with Crippen molar-refractivity contribution < 1.29 is 3.07 Å². The van der Waals surface area contributed by atoms with Crippen LogP contribution < -0.4 is 0 Å². The Morgan fingerprint density at radius 1 is 1.38 bits per heavy atom. The molecule has 0 aliphatic heterocycles. The average molecular weight is 222 g/mol. The molecule has 0 unspecified atom stereocenters. The van der Waals surface area contributed by atoms with E-state index in [1.807, 2.05) is 35.2 Å². The van der Waals surface area contributed by atoms with Gasteiger partial charge in [-0.25, -0.2) is 0 Å². The molecule has 1 nitrogen and oxygen atoms in total. The number of hydrogen-bond donors (Lipinski definition) is 0. The summed E-state index contributed by atoms with van der Waals surface area (Å²) >= 11 is 1.90. The van der Waals surface area contributed by atoms with E-state index in [9.17, 15) is 0 Å². The molecule has 0 spiro atoms. The molecule has 44 valence electrons. The maximum Gasteiger partial charge on any atom is 0.110 e. The zero-order chi connectivity index (χ0) is 5.82. The lowest BCUT2D eigenvalue weighted by Gasteiger charge is -2.04. The van der Waals surface area contributed by atoms with Crippen LogP contribution in [0, 0.1) is 0 Å². The van der Waals surface area contributed by atoms with Crippen LogP contribution in [0.1, 0.15) is 6.42 Å². The first kappa shape index (κ1) is 6.29. The SMILES string of the molecule is IOC1C=CCC=C1. The van der Waals surface area contributed by atoms with Crippen LogP contribution in [0.2, 0.25) is 0 Å². The molecule has 0 amide bonds. The zero-order valence-corrected chi connectivity index (χ0v) is 6.54. The number of allylic oxidation sites excluding steroid dienone is 2. The summed E-state index contributed by atoms with van der Waals surface area (Å²) in [6.07, 6.45) is 9.56. The molecule has 1 aliphatic rings. The number of hydrogen-bond acceptors (Lipinski definition) is 1. The predicted molar refractivity (Wildman–Crippen MR) is 41.8 cm³/mol. The Labute approximate surface area is 63.1 Å². The normalized spacial score (nSPS) is 19.6. The quantitative estimate of drug-likeness (QED) is 0.488. The standard InChI is InChI=1S/C6H7IO/c7-8-6-4-2-1-3-5-6/h2-6H,1H2. The van der Waals surface area contributed by atoms with Crippen molar-refractivity contribution in [3.8, 4) is 0 Å². The largest absolute Gasteiger partial charge is 0.304 e. The minimum absolute atomic E-state index is 0.212. The lowest BCUT2D eigenvalue weighted by molar-refractivity contribution is 0.401. The van der Waals surface area contributed by atoms with E-state index >= 15 is 0 Å². The lowest BCUT2D eigenvalue weighted by atomic mass is 10.2. The second kappa shape index (κ2) is 3.25. The Hall–Kier alpha value is 0.170. The third-order valence-electron chi connectivity index (χ3n) is 1.03. The second-order valence-corrected chi connectivity index (χ2v) is 2.15. The summed E-state index contributed by atoms with van der Waals surface area (Å²) in [5, 5.41) is 0. The molecule has 0 aromatic heterocycles. The van der Waals surface area contributed by atoms with Gasteiger partial charge in [-0.15, -0.1) is 0 Å². The van der Waals surface area contributed by atoms with Gasteiger partial charge in [-0.1, -0.05) is 24.3 Å². The summed E-state index contributed by atoms with van der Waals surface area (Å²) in [6, 6.07) is 0. The zero-order valence-electron chi connectivity index (χ0n) is 4.38. The highest BCUT2D eigenvalue weighted by atomic mass is 127. The van der Waals surface area contributed by atoms with E-state index in [0.717, 1.165) is 6.42 Å². The molecule has 0 saturated heterocycles. The Morgan fingerprint density at radius 3 is 2.38 bits per heavy atom. The topological polar surface area (TPSA) is 9.23 Å². The van der Waals surface area contributed by atoms with E-state index in [0.29, 0.717) is 0 Å². The van der Waals surface area contributed by atoms with Gasteiger partial charge >= 0.3 is 0 Å². The van der Waals surface area contributed by atoms with Gasteiger partial charge in [-0.3, -0.25) is 0 Å². The van der Waals surface area contributed by atoms with Crippen molar-refractivity contribution >= 4 is 23.0 Å². The third-order valence-corrected chi connectivity index (χ3v) is 1.61. The van der Waals surface area contributed by atoms with Crippen LogP contribution in [0.3, 0.4) is 0 Å². The highest BCUT2D eigenvalue weighted by Gasteiger charge is 1.98. The molecule has 1 rings (SSSR count). The fourth-order valence-electron chi connectivity index (χ4n) is 0.627. The fraction of sp³-hybridized carbons (Fsp3) is 0.333. The minimum atomic E-state index is 0.212. The molecule has 0 bridgehead atoms. The van der Waals surface area contributed by atoms with Crippen molar-refractivity contribution in [2.75, 3.05) is 0 Å². The molecule has 1 aliphatic carbocycles. The maximum atomic E-state index is 4.99. The van der Waals surface area contributed by atoms with E-state index in [-0.39, 0.29) is 6.10 Å². The molecule has 0 heterocycles. The van der Waals surface area contributed by atoms with Crippen LogP contribution in [0.4, 0.5) is 0 Å². The summed E-state index contributed by atoms with van der Waals surface area (Å²) < 4.78 is 4.99. The highest BCUT2D eigenvalue weighted by molar-refractivity contribution is 14.1. The van der Waals surface area contributed by atoms with E-state index < -0.39 is 0 Å². The highest BCUT2D eigenvalue weighted by Crippen LogP contribution is 2.07. The average Bonchev–Trinajstić information content (AvgIpc) is 1.90. The number of halogens is 1. The van der Waals surface area contributed by atoms with Crippen LogP contribution in [-0.2, 0) is 3.07 Å². The summed E-state index contributed by atoms with van der Waals surface area (Å²) in [5.41, 5.74) is 0. The summed E-state index contributed by atoms with van der Waals surface area (Å²) in [6.45, 7) is 0. The fourth-order valence-corrected chi connectivity index (χ4v) is 0.967. The van der Waals surface area contributed by atoms with E-state index in [1.165, 1.54) is 0 Å². The smallest absolute Gasteiger partial charge is 0.110 e. The van der Waals surface area contributed by atoms with E-state index in [1.54, 1.807) is 0 Å². The Bertz CT molecular complexity index is 106. The van der Waals surface area contributed by atoms with E-state index in [4.69, 9.17) is 3.07 Å². The first-order valence-electron chi connectivity index (χ1n) is 2.54. The molecule has 0 N–H and O–H groups in total. The molecular weight excluding hydrogens is 215 g/mol. The van der Waals surface area contributed by atoms with Gasteiger partial charge < -0.3 is 3.07 Å². The second-order valence-electron chi connectivity index (χ2n) is 1.65. The van der Waals surface area contributed by atoms with Crippen molar-refractivity contribution in [3.05, 3.63) is 24.3 Å². The van der Waals surface area contributed by atoms with Crippen LogP contribution in [-0.4, -0.2) is 6.10 Å². The summed E-state index contributed by atoms with van der Waals surface area (Å²) in [5.74, 6) is 0. The van der Waals surface area contributed by atoms with Crippen LogP contribution in [0.15, 0.2) is 24.3 Å². The Kier molecular flexibility index (Phi) is 2.55. The minimum Gasteiger partial charge on any atom is -0.304 e. The van der Waals surface area contributed by atoms with Crippen molar-refractivity contribution in [2.45, 2.75) is 12.5 Å². The lowest BCUT2D eigenvalue weighted by Crippen LogP contribution is -1.99. The summed E-state index contributed by atoms with van der Waals surface area (Å²) in [4.78, 5) is 0. The van der Waals surface area contributed by atoms with Crippen molar-refractivity contribution in [3.63, 3.8) is 0 Å². The van der Waals surface area contributed by atoms with Gasteiger partial charge in [0.25, 0.3) is 0 Å². The Morgan fingerprint density at radius 2 is 2.00 bits per heavy atom. The van der Waals surface area contributed by atoms with Gasteiger partial charge in [-0.2, -0.15) is 0 Å². The molecule has 2 heteroatoms. The van der Waals surface area contributed by atoms with Gasteiger partial charge in [0.15, 0.2) is 0 Å². The van der Waals surface area contributed by atoms with Crippen LogP contribution in [0.25, 0.3) is 0 Å². The van der Waals surface area contributed by atoms with Gasteiger partial charge in [0.05, 0.1) is 0 Å². The summed E-state index contributed by atoms with van der Waals surface area (Å²) in [7, 11) is 0. The van der Waals surface area contributed by atoms with Gasteiger partial charge in [0.1, 0.15) is 29.1 Å². The van der Waals surface area contributed by atoms with Crippen molar-refractivity contribution in [1.82, 2.24) is 0 Å². The predicted octanol–water partition coefficient (Wildman–Crippen LogP) is 2.24. The molecule has 0 aromatic carbocycles. The third kappa shape index (κ3) is 1.59. The molecule has 0 atom stereocenters. The monoisotopic (exact) mass is 222 g/mol. The van der Waals surface area contributed by atoms with Crippen LogP contribution in [0.5, 0.6) is 0 Å². The van der Waals surface area contributed by atoms with Gasteiger partial charge in [0.2, 0.25) is 0 Å². The van der Waals surface area contributed by atoms with E-state index in [2.05, 4.69) is 12.2 Å². The first-order valence-corrected chi connectivity index (χ1v) is 3.42.